The van der Waals surface area contributed by atoms with Crippen LogP contribution in [0.1, 0.15) is 11.1 Å². The fourth-order valence-corrected chi connectivity index (χ4v) is 2.37. The van der Waals surface area contributed by atoms with Gasteiger partial charge in [0.15, 0.2) is 0 Å². The van der Waals surface area contributed by atoms with E-state index in [0.29, 0.717) is 0 Å². The van der Waals surface area contributed by atoms with Gasteiger partial charge in [-0.1, -0.05) is 48.5 Å². The Morgan fingerprint density at radius 3 is 1.75 bits per heavy atom. The molecule has 20 heavy (non-hydrogen) atoms. The third-order valence-corrected chi connectivity index (χ3v) is 3.25. The molecule has 1 heterocycles. The summed E-state index contributed by atoms with van der Waals surface area (Å²) in [4.78, 5) is 0. The van der Waals surface area contributed by atoms with Gasteiger partial charge >= 0.3 is 0 Å². The predicted molar refractivity (Wildman–Crippen MR) is 83.9 cm³/mol. The van der Waals surface area contributed by atoms with Gasteiger partial charge in [-0.2, -0.15) is 15.7 Å². The van der Waals surface area contributed by atoms with Gasteiger partial charge < -0.3 is 0 Å². The molecule has 98 valence electrons. The molecule has 2 aromatic carbocycles. The fraction of sp³-hybridized carbons (Fsp3) is 0.0588. The van der Waals surface area contributed by atoms with Crippen LogP contribution in [0.15, 0.2) is 70.9 Å². The number of hydrogen-bond acceptors (Lipinski definition) is 3. The van der Waals surface area contributed by atoms with Crippen molar-refractivity contribution in [2.24, 2.45) is 10.2 Å². The van der Waals surface area contributed by atoms with E-state index in [1.165, 1.54) is 22.3 Å². The van der Waals surface area contributed by atoms with Crippen LogP contribution in [0.5, 0.6) is 0 Å². The Labute approximate surface area is 118 Å². The molecular formula is C17H15N3. The summed E-state index contributed by atoms with van der Waals surface area (Å²) in [6.07, 6.45) is 7.96. The monoisotopic (exact) mass is 261 g/mol. The molecule has 0 unspecified atom stereocenters. The summed E-state index contributed by atoms with van der Waals surface area (Å²) in [6, 6.07) is 17.3. The van der Waals surface area contributed by atoms with Crippen molar-refractivity contribution in [3.63, 3.8) is 0 Å². The summed E-state index contributed by atoms with van der Waals surface area (Å²) < 4.78 is 0. The number of fused-ring (bicyclic) bond motifs is 3. The summed E-state index contributed by atoms with van der Waals surface area (Å²) in [6.45, 7) is 0. The SMILES string of the molecule is C1=CC=NNN=C1.c1ccc2c(c1)Cc1ccccc1-2. The molecule has 0 bridgehead atoms. The van der Waals surface area contributed by atoms with Crippen molar-refractivity contribution >= 4 is 12.4 Å². The zero-order chi connectivity index (χ0) is 13.6. The van der Waals surface area contributed by atoms with Gasteiger partial charge in [0, 0.05) is 12.4 Å². The van der Waals surface area contributed by atoms with E-state index in [4.69, 9.17) is 0 Å². The van der Waals surface area contributed by atoms with E-state index < -0.39 is 0 Å². The van der Waals surface area contributed by atoms with Gasteiger partial charge in [-0.3, -0.25) is 0 Å². The summed E-state index contributed by atoms with van der Waals surface area (Å²) in [7, 11) is 0. The highest BCUT2D eigenvalue weighted by atomic mass is 15.5. The van der Waals surface area contributed by atoms with E-state index >= 15 is 0 Å². The largest absolute Gasteiger partial charge is 0.198 e. The lowest BCUT2D eigenvalue weighted by Crippen LogP contribution is -1.90. The highest BCUT2D eigenvalue weighted by Crippen LogP contribution is 2.35. The highest BCUT2D eigenvalue weighted by Gasteiger charge is 2.15. The molecule has 0 radical (unpaired) electrons. The molecule has 0 spiro atoms. The number of rotatable bonds is 0. The van der Waals surface area contributed by atoms with E-state index in [2.05, 4.69) is 64.3 Å². The van der Waals surface area contributed by atoms with Gasteiger partial charge in [-0.05, 0) is 40.8 Å². The van der Waals surface area contributed by atoms with E-state index in [9.17, 15) is 0 Å². The Hall–Kier alpha value is -2.68. The summed E-state index contributed by atoms with van der Waals surface area (Å²) in [5.41, 5.74) is 8.18. The Bertz CT molecular complexity index is 627. The quantitative estimate of drug-likeness (QED) is 0.661. The van der Waals surface area contributed by atoms with Crippen LogP contribution >= 0.6 is 0 Å². The number of allylic oxidation sites excluding steroid dienone is 2. The predicted octanol–water partition coefficient (Wildman–Crippen LogP) is 3.38. The number of hydrogen-bond donors (Lipinski definition) is 1. The second-order valence-electron chi connectivity index (χ2n) is 4.53. The molecule has 1 aliphatic heterocycles. The summed E-state index contributed by atoms with van der Waals surface area (Å²) in [5.74, 6) is 0. The van der Waals surface area contributed by atoms with Crippen molar-refractivity contribution in [1.29, 1.82) is 0 Å². The standard InChI is InChI=1S/C13H10.C4H5N3/c1-3-7-12-10(5-1)9-11-6-2-4-8-13(11)12;1-2-4-6-7-5-3-1/h1-8H,9H2;1-4,7H. The maximum atomic E-state index is 3.61. The van der Waals surface area contributed by atoms with Gasteiger partial charge in [0.05, 0.1) is 0 Å². The van der Waals surface area contributed by atoms with Gasteiger partial charge in [0.1, 0.15) is 0 Å². The molecule has 0 saturated heterocycles. The Kier molecular flexibility index (Phi) is 3.69. The van der Waals surface area contributed by atoms with Gasteiger partial charge in [-0.15, -0.1) is 0 Å². The molecule has 2 aromatic rings. The minimum Gasteiger partial charge on any atom is -0.198 e. The van der Waals surface area contributed by atoms with E-state index in [-0.39, 0.29) is 0 Å². The first-order valence-corrected chi connectivity index (χ1v) is 6.58. The Balaban J connectivity index is 0.000000147. The summed E-state index contributed by atoms with van der Waals surface area (Å²) in [5, 5.41) is 7.22. The maximum absolute atomic E-state index is 3.61. The lowest BCUT2D eigenvalue weighted by molar-refractivity contribution is 0.821. The van der Waals surface area contributed by atoms with Crippen LogP contribution in [0.3, 0.4) is 0 Å². The van der Waals surface area contributed by atoms with Crippen LogP contribution in [0.25, 0.3) is 11.1 Å². The third kappa shape index (κ3) is 2.67. The van der Waals surface area contributed by atoms with Gasteiger partial charge in [-0.25, -0.2) is 0 Å². The average Bonchev–Trinajstić information content (AvgIpc) is 2.68. The summed E-state index contributed by atoms with van der Waals surface area (Å²) >= 11 is 0. The first kappa shape index (κ1) is 12.4. The molecule has 0 atom stereocenters. The number of nitrogens with zero attached hydrogens (tertiary/aromatic N) is 2. The third-order valence-electron chi connectivity index (χ3n) is 3.25. The van der Waals surface area contributed by atoms with Crippen molar-refractivity contribution in [1.82, 2.24) is 5.53 Å². The van der Waals surface area contributed by atoms with Crippen LogP contribution in [0, 0.1) is 0 Å². The van der Waals surface area contributed by atoms with Crippen LogP contribution in [-0.2, 0) is 6.42 Å². The molecular weight excluding hydrogens is 246 g/mol. The van der Waals surface area contributed by atoms with Crippen molar-refractivity contribution in [3.05, 3.63) is 71.8 Å². The Morgan fingerprint density at radius 1 is 0.700 bits per heavy atom. The van der Waals surface area contributed by atoms with E-state index in [1.807, 2.05) is 0 Å². The molecule has 0 amide bonds. The van der Waals surface area contributed by atoms with Crippen molar-refractivity contribution in [2.45, 2.75) is 6.42 Å². The lowest BCUT2D eigenvalue weighted by Gasteiger charge is -1.98. The zero-order valence-electron chi connectivity index (χ0n) is 11.0. The molecule has 0 saturated carbocycles. The molecule has 0 fully saturated rings. The van der Waals surface area contributed by atoms with Crippen LogP contribution in [-0.4, -0.2) is 12.4 Å². The minimum atomic E-state index is 1.10. The molecule has 0 aromatic heterocycles. The van der Waals surface area contributed by atoms with Crippen molar-refractivity contribution in [3.8, 4) is 11.1 Å². The van der Waals surface area contributed by atoms with Crippen LogP contribution in [0.2, 0.25) is 0 Å². The maximum Gasteiger partial charge on any atom is 0.0489 e. The van der Waals surface area contributed by atoms with Crippen molar-refractivity contribution in [2.75, 3.05) is 0 Å². The molecule has 3 nitrogen and oxygen atoms in total. The fourth-order valence-electron chi connectivity index (χ4n) is 2.37. The number of benzene rings is 2. The van der Waals surface area contributed by atoms with Crippen molar-refractivity contribution < 1.29 is 0 Å². The van der Waals surface area contributed by atoms with E-state index in [1.54, 1.807) is 24.6 Å². The smallest absolute Gasteiger partial charge is 0.0489 e. The lowest BCUT2D eigenvalue weighted by atomic mass is 10.1. The topological polar surface area (TPSA) is 36.8 Å². The Morgan fingerprint density at radius 2 is 1.20 bits per heavy atom. The van der Waals surface area contributed by atoms with E-state index in [0.717, 1.165) is 6.42 Å². The first-order chi connectivity index (χ1) is 9.95. The molecule has 1 aliphatic carbocycles. The normalized spacial score (nSPS) is 13.6. The van der Waals surface area contributed by atoms with Gasteiger partial charge in [0.25, 0.3) is 0 Å². The second kappa shape index (κ2) is 5.97. The minimum absolute atomic E-state index is 1.10. The zero-order valence-corrected chi connectivity index (χ0v) is 11.0. The molecule has 4 rings (SSSR count). The second-order valence-corrected chi connectivity index (χ2v) is 4.53. The number of hydrazone groups is 2. The molecule has 1 N–H and O–H groups in total. The average molecular weight is 261 g/mol. The van der Waals surface area contributed by atoms with Crippen LogP contribution in [0.4, 0.5) is 0 Å². The first-order valence-electron chi connectivity index (χ1n) is 6.58. The number of nitrogens with one attached hydrogen (secondary N) is 1. The molecule has 2 aliphatic rings. The highest BCUT2D eigenvalue weighted by molar-refractivity contribution is 5.82. The van der Waals surface area contributed by atoms with Crippen LogP contribution < -0.4 is 5.53 Å². The van der Waals surface area contributed by atoms with Gasteiger partial charge in [0.2, 0.25) is 0 Å². The molecule has 3 heteroatoms.